The number of hydrogen-bond acceptors (Lipinski definition) is 3. The number of ether oxygens (including phenoxy) is 1. The fourth-order valence-corrected chi connectivity index (χ4v) is 3.02. The molecule has 3 nitrogen and oxygen atoms in total. The van der Waals surface area contributed by atoms with Gasteiger partial charge < -0.3 is 15.0 Å². The van der Waals surface area contributed by atoms with Gasteiger partial charge in [0, 0.05) is 42.4 Å². The van der Waals surface area contributed by atoms with Crippen LogP contribution in [0.15, 0.2) is 22.7 Å². The van der Waals surface area contributed by atoms with Gasteiger partial charge in [-0.3, -0.25) is 0 Å². The number of halogens is 1. The minimum Gasteiger partial charge on any atom is -0.381 e. The maximum atomic E-state index is 5.47. The van der Waals surface area contributed by atoms with Crippen molar-refractivity contribution in [2.75, 3.05) is 25.1 Å². The zero-order chi connectivity index (χ0) is 15.5. The molecule has 0 radical (unpaired) electrons. The third-order valence-electron chi connectivity index (χ3n) is 3.97. The van der Waals surface area contributed by atoms with Crippen molar-refractivity contribution in [2.24, 2.45) is 0 Å². The van der Waals surface area contributed by atoms with Crippen LogP contribution in [0.5, 0.6) is 0 Å². The fourth-order valence-electron chi connectivity index (χ4n) is 2.67. The van der Waals surface area contributed by atoms with Crippen LogP contribution < -0.4 is 10.2 Å². The summed E-state index contributed by atoms with van der Waals surface area (Å²) in [5, 5.41) is 3.59. The molecular formula is C17H27BrN2O. The second kappa shape index (κ2) is 7.12. The first-order valence-electron chi connectivity index (χ1n) is 7.70. The molecule has 1 aliphatic heterocycles. The summed E-state index contributed by atoms with van der Waals surface area (Å²) in [6.45, 7) is 9.64. The number of hydrogen-bond donors (Lipinski definition) is 1. The third-order valence-corrected chi connectivity index (χ3v) is 4.47. The quantitative estimate of drug-likeness (QED) is 0.885. The van der Waals surface area contributed by atoms with Gasteiger partial charge in [0.1, 0.15) is 0 Å². The molecule has 0 aliphatic carbocycles. The summed E-state index contributed by atoms with van der Waals surface area (Å²) < 4.78 is 6.62. The molecule has 1 heterocycles. The Hall–Kier alpha value is -0.580. The SMILES string of the molecule is COC1CCN(c2cc(Br)ccc2CNC(C)(C)C)CC1. The van der Waals surface area contributed by atoms with E-state index in [4.69, 9.17) is 4.74 Å². The molecule has 1 N–H and O–H groups in total. The third kappa shape index (κ3) is 4.97. The number of piperidine rings is 1. The Morgan fingerprint density at radius 1 is 1.29 bits per heavy atom. The van der Waals surface area contributed by atoms with Crippen LogP contribution in [0, 0.1) is 0 Å². The molecule has 1 fully saturated rings. The van der Waals surface area contributed by atoms with Crippen molar-refractivity contribution in [3.05, 3.63) is 28.2 Å². The molecule has 4 heteroatoms. The van der Waals surface area contributed by atoms with Crippen molar-refractivity contribution in [3.63, 3.8) is 0 Å². The minimum atomic E-state index is 0.132. The largest absolute Gasteiger partial charge is 0.381 e. The lowest BCUT2D eigenvalue weighted by Crippen LogP contribution is -2.38. The van der Waals surface area contributed by atoms with E-state index < -0.39 is 0 Å². The number of benzene rings is 1. The van der Waals surface area contributed by atoms with E-state index in [9.17, 15) is 0 Å². The summed E-state index contributed by atoms with van der Waals surface area (Å²) in [7, 11) is 1.82. The molecule has 21 heavy (non-hydrogen) atoms. The average Bonchev–Trinajstić information content (AvgIpc) is 2.45. The smallest absolute Gasteiger partial charge is 0.0605 e. The van der Waals surface area contributed by atoms with Crippen LogP contribution in [0.4, 0.5) is 5.69 Å². The normalized spacial score (nSPS) is 17.3. The summed E-state index contributed by atoms with van der Waals surface area (Å²) in [4.78, 5) is 2.49. The Morgan fingerprint density at radius 2 is 1.95 bits per heavy atom. The Kier molecular flexibility index (Phi) is 5.69. The summed E-state index contributed by atoms with van der Waals surface area (Å²) in [6, 6.07) is 6.60. The number of methoxy groups -OCH3 is 1. The van der Waals surface area contributed by atoms with Gasteiger partial charge in [-0.05, 0) is 51.3 Å². The Morgan fingerprint density at radius 3 is 2.52 bits per heavy atom. The highest BCUT2D eigenvalue weighted by molar-refractivity contribution is 9.10. The zero-order valence-corrected chi connectivity index (χ0v) is 15.2. The molecular weight excluding hydrogens is 328 g/mol. The molecule has 0 aromatic heterocycles. The number of nitrogens with one attached hydrogen (secondary N) is 1. The van der Waals surface area contributed by atoms with E-state index in [2.05, 4.69) is 65.1 Å². The van der Waals surface area contributed by atoms with E-state index >= 15 is 0 Å². The highest BCUT2D eigenvalue weighted by atomic mass is 79.9. The molecule has 1 aromatic carbocycles. The molecule has 0 bridgehead atoms. The summed E-state index contributed by atoms with van der Waals surface area (Å²) in [6.07, 6.45) is 2.63. The highest BCUT2D eigenvalue weighted by Crippen LogP contribution is 2.28. The molecule has 0 spiro atoms. The van der Waals surface area contributed by atoms with E-state index in [-0.39, 0.29) is 5.54 Å². The molecule has 1 saturated heterocycles. The van der Waals surface area contributed by atoms with Gasteiger partial charge in [-0.25, -0.2) is 0 Å². The molecule has 118 valence electrons. The molecule has 0 saturated carbocycles. The van der Waals surface area contributed by atoms with Gasteiger partial charge in [-0.2, -0.15) is 0 Å². The zero-order valence-electron chi connectivity index (χ0n) is 13.6. The molecule has 0 unspecified atom stereocenters. The van der Waals surface area contributed by atoms with Crippen molar-refractivity contribution in [3.8, 4) is 0 Å². The Labute approximate surface area is 137 Å². The van der Waals surface area contributed by atoms with Crippen LogP contribution in [0.3, 0.4) is 0 Å². The van der Waals surface area contributed by atoms with Crippen LogP contribution in [0.25, 0.3) is 0 Å². The van der Waals surface area contributed by atoms with Crippen molar-refractivity contribution in [1.82, 2.24) is 5.32 Å². The van der Waals surface area contributed by atoms with Gasteiger partial charge >= 0.3 is 0 Å². The monoisotopic (exact) mass is 354 g/mol. The topological polar surface area (TPSA) is 24.5 Å². The van der Waals surface area contributed by atoms with Gasteiger partial charge in [0.15, 0.2) is 0 Å². The van der Waals surface area contributed by atoms with Crippen molar-refractivity contribution in [1.29, 1.82) is 0 Å². The van der Waals surface area contributed by atoms with Crippen molar-refractivity contribution in [2.45, 2.75) is 51.8 Å². The fraction of sp³-hybridized carbons (Fsp3) is 0.647. The average molecular weight is 355 g/mol. The van der Waals surface area contributed by atoms with Gasteiger partial charge in [0.2, 0.25) is 0 Å². The maximum Gasteiger partial charge on any atom is 0.0605 e. The molecule has 0 atom stereocenters. The minimum absolute atomic E-state index is 0.132. The van der Waals surface area contributed by atoms with E-state index in [1.165, 1.54) is 11.3 Å². The maximum absolute atomic E-state index is 5.47. The van der Waals surface area contributed by atoms with Crippen LogP contribution in [0.1, 0.15) is 39.2 Å². The number of nitrogens with zero attached hydrogens (tertiary/aromatic N) is 1. The standard InChI is InChI=1S/C17H27BrN2O/c1-17(2,3)19-12-13-5-6-14(18)11-16(13)20-9-7-15(21-4)8-10-20/h5-6,11,15,19H,7-10,12H2,1-4H3. The molecule has 0 amide bonds. The molecule has 2 rings (SSSR count). The lowest BCUT2D eigenvalue weighted by Gasteiger charge is -2.34. The van der Waals surface area contributed by atoms with Gasteiger partial charge in [0.05, 0.1) is 6.10 Å². The Bertz CT molecular complexity index is 462. The van der Waals surface area contributed by atoms with Crippen LogP contribution in [-0.4, -0.2) is 31.8 Å². The van der Waals surface area contributed by atoms with E-state index in [0.717, 1.165) is 36.9 Å². The number of anilines is 1. The molecule has 1 aromatic rings. The summed E-state index contributed by atoms with van der Waals surface area (Å²) in [5.74, 6) is 0. The van der Waals surface area contributed by atoms with Crippen LogP contribution >= 0.6 is 15.9 Å². The van der Waals surface area contributed by atoms with Crippen molar-refractivity contribution >= 4 is 21.6 Å². The highest BCUT2D eigenvalue weighted by Gasteiger charge is 2.21. The van der Waals surface area contributed by atoms with Crippen LogP contribution in [0.2, 0.25) is 0 Å². The van der Waals surface area contributed by atoms with Crippen LogP contribution in [-0.2, 0) is 11.3 Å². The number of rotatable bonds is 4. The van der Waals surface area contributed by atoms with Gasteiger partial charge in [0.25, 0.3) is 0 Å². The first-order chi connectivity index (χ1) is 9.89. The van der Waals surface area contributed by atoms with E-state index in [1.807, 2.05) is 7.11 Å². The first kappa shape index (κ1) is 16.8. The predicted octanol–water partition coefficient (Wildman–Crippen LogP) is 3.95. The predicted molar refractivity (Wildman–Crippen MR) is 93.0 cm³/mol. The van der Waals surface area contributed by atoms with Crippen molar-refractivity contribution < 1.29 is 4.74 Å². The lowest BCUT2D eigenvalue weighted by molar-refractivity contribution is 0.0819. The Balaban J connectivity index is 2.12. The van der Waals surface area contributed by atoms with Gasteiger partial charge in [-0.15, -0.1) is 0 Å². The van der Waals surface area contributed by atoms with E-state index in [1.54, 1.807) is 0 Å². The summed E-state index contributed by atoms with van der Waals surface area (Å²) in [5.41, 5.74) is 2.84. The second-order valence-corrected chi connectivity index (χ2v) is 7.71. The summed E-state index contributed by atoms with van der Waals surface area (Å²) >= 11 is 3.61. The van der Waals surface area contributed by atoms with E-state index in [0.29, 0.717) is 6.10 Å². The second-order valence-electron chi connectivity index (χ2n) is 6.80. The lowest BCUT2D eigenvalue weighted by atomic mass is 10.0. The first-order valence-corrected chi connectivity index (χ1v) is 8.49. The van der Waals surface area contributed by atoms with Gasteiger partial charge in [-0.1, -0.05) is 22.0 Å². The molecule has 1 aliphatic rings.